The Bertz CT molecular complexity index is 1130. The van der Waals surface area contributed by atoms with Crippen molar-refractivity contribution in [1.82, 2.24) is 0 Å². The molecule has 0 bridgehead atoms. The first-order valence-corrected chi connectivity index (χ1v) is 10.5. The number of ketones is 1. The number of carbonyl (C=O) groups excluding carboxylic acids is 3. The van der Waals surface area contributed by atoms with Gasteiger partial charge in [0.15, 0.2) is 12.4 Å². The lowest BCUT2D eigenvalue weighted by atomic mass is 9.87. The number of esters is 1. The number of halogens is 1. The normalized spacial score (nSPS) is 11.0. The number of nitrogens with one attached hydrogen (secondary N) is 1. The van der Waals surface area contributed by atoms with Crippen molar-refractivity contribution in [2.24, 2.45) is 0 Å². The average molecular weight is 450 g/mol. The number of hydrogen-bond donors (Lipinski definition) is 1. The molecule has 0 aliphatic carbocycles. The van der Waals surface area contributed by atoms with E-state index < -0.39 is 18.5 Å². The summed E-state index contributed by atoms with van der Waals surface area (Å²) < 4.78 is 5.13. The van der Waals surface area contributed by atoms with Crippen molar-refractivity contribution in [3.05, 3.63) is 100 Å². The molecule has 0 spiro atoms. The van der Waals surface area contributed by atoms with Gasteiger partial charge in [-0.2, -0.15) is 0 Å². The van der Waals surface area contributed by atoms with Gasteiger partial charge >= 0.3 is 5.97 Å². The zero-order chi connectivity index (χ0) is 23.3. The van der Waals surface area contributed by atoms with Crippen molar-refractivity contribution in [3.63, 3.8) is 0 Å². The first-order chi connectivity index (χ1) is 15.1. The lowest BCUT2D eigenvalue weighted by Gasteiger charge is -2.18. The van der Waals surface area contributed by atoms with Gasteiger partial charge in [0.25, 0.3) is 5.91 Å². The van der Waals surface area contributed by atoms with Crippen LogP contribution in [0.5, 0.6) is 0 Å². The van der Waals surface area contributed by atoms with Crippen LogP contribution in [0.4, 0.5) is 5.69 Å². The first-order valence-electron chi connectivity index (χ1n) is 10.1. The smallest absolute Gasteiger partial charge is 0.338 e. The largest absolute Gasteiger partial charge is 0.452 e. The SMILES string of the molecule is CC(C)(C)c1ccc(C(=O)OCC(=O)Nc2ccc(Cl)cc2C(=O)c2ccccc2)cc1. The van der Waals surface area contributed by atoms with E-state index in [1.165, 1.54) is 6.07 Å². The highest BCUT2D eigenvalue weighted by atomic mass is 35.5. The van der Waals surface area contributed by atoms with Gasteiger partial charge in [-0.3, -0.25) is 9.59 Å². The standard InChI is InChI=1S/C26H24ClNO4/c1-26(2,3)19-11-9-18(10-12-19)25(31)32-16-23(29)28-22-14-13-20(27)15-21(22)24(30)17-7-5-4-6-8-17/h4-15H,16H2,1-3H3,(H,28,29). The van der Waals surface area contributed by atoms with E-state index in [0.29, 0.717) is 21.8 Å². The molecule has 164 valence electrons. The summed E-state index contributed by atoms with van der Waals surface area (Å²) in [6.45, 7) is 5.76. The van der Waals surface area contributed by atoms with E-state index in [0.717, 1.165) is 5.56 Å². The molecule has 1 amide bonds. The Morgan fingerprint density at radius 2 is 1.53 bits per heavy atom. The van der Waals surface area contributed by atoms with Gasteiger partial charge in [-0.05, 0) is 41.3 Å². The zero-order valence-electron chi connectivity index (χ0n) is 18.1. The second-order valence-electron chi connectivity index (χ2n) is 8.34. The number of ether oxygens (including phenoxy) is 1. The summed E-state index contributed by atoms with van der Waals surface area (Å²) in [5.41, 5.74) is 2.42. The summed E-state index contributed by atoms with van der Waals surface area (Å²) in [4.78, 5) is 37.5. The number of anilines is 1. The Kier molecular flexibility index (Phi) is 7.11. The highest BCUT2D eigenvalue weighted by Crippen LogP contribution is 2.24. The summed E-state index contributed by atoms with van der Waals surface area (Å²) >= 11 is 6.06. The van der Waals surface area contributed by atoms with Gasteiger partial charge in [-0.15, -0.1) is 0 Å². The minimum Gasteiger partial charge on any atom is -0.452 e. The lowest BCUT2D eigenvalue weighted by molar-refractivity contribution is -0.119. The summed E-state index contributed by atoms with van der Waals surface area (Å²) in [7, 11) is 0. The van der Waals surface area contributed by atoms with Crippen molar-refractivity contribution in [2.45, 2.75) is 26.2 Å². The molecule has 0 aliphatic rings. The number of benzene rings is 3. The molecule has 3 aromatic carbocycles. The van der Waals surface area contributed by atoms with Crippen LogP contribution in [0, 0.1) is 0 Å². The third kappa shape index (κ3) is 5.83. The second-order valence-corrected chi connectivity index (χ2v) is 8.77. The van der Waals surface area contributed by atoms with Crippen LogP contribution >= 0.6 is 11.6 Å². The minimum atomic E-state index is -0.600. The van der Waals surface area contributed by atoms with Gasteiger partial charge in [0.2, 0.25) is 0 Å². The van der Waals surface area contributed by atoms with Crippen LogP contribution in [0.2, 0.25) is 5.02 Å². The highest BCUT2D eigenvalue weighted by Gasteiger charge is 2.18. The van der Waals surface area contributed by atoms with Crippen LogP contribution in [0.25, 0.3) is 0 Å². The summed E-state index contributed by atoms with van der Waals surface area (Å²) in [6.07, 6.45) is 0. The van der Waals surface area contributed by atoms with E-state index in [2.05, 4.69) is 26.1 Å². The van der Waals surface area contributed by atoms with Gasteiger partial charge in [0.05, 0.1) is 11.3 Å². The third-order valence-corrected chi connectivity index (χ3v) is 5.09. The maximum atomic E-state index is 12.9. The molecule has 0 fully saturated rings. The lowest BCUT2D eigenvalue weighted by Crippen LogP contribution is -2.22. The fourth-order valence-corrected chi connectivity index (χ4v) is 3.24. The van der Waals surface area contributed by atoms with Gasteiger partial charge in [0, 0.05) is 16.1 Å². The molecule has 0 radical (unpaired) electrons. The molecule has 0 aliphatic heterocycles. The van der Waals surface area contributed by atoms with Crippen LogP contribution in [0.1, 0.15) is 52.6 Å². The molecule has 3 rings (SSSR count). The van der Waals surface area contributed by atoms with Crippen molar-refractivity contribution in [1.29, 1.82) is 0 Å². The molecule has 6 heteroatoms. The molecule has 1 N–H and O–H groups in total. The van der Waals surface area contributed by atoms with E-state index in [-0.39, 0.29) is 16.8 Å². The van der Waals surface area contributed by atoms with Crippen molar-refractivity contribution in [2.75, 3.05) is 11.9 Å². The monoisotopic (exact) mass is 449 g/mol. The average Bonchev–Trinajstić information content (AvgIpc) is 2.78. The minimum absolute atomic E-state index is 0.0320. The summed E-state index contributed by atoms with van der Waals surface area (Å²) in [6, 6.07) is 20.4. The predicted molar refractivity (Wildman–Crippen MR) is 125 cm³/mol. The second kappa shape index (κ2) is 9.79. The highest BCUT2D eigenvalue weighted by molar-refractivity contribution is 6.31. The predicted octanol–water partition coefficient (Wildman–Crippen LogP) is 5.66. The Labute approximate surface area is 192 Å². The maximum absolute atomic E-state index is 12.9. The Morgan fingerprint density at radius 3 is 2.16 bits per heavy atom. The van der Waals surface area contributed by atoms with E-state index in [4.69, 9.17) is 16.3 Å². The number of amides is 1. The Morgan fingerprint density at radius 1 is 0.875 bits per heavy atom. The van der Waals surface area contributed by atoms with Gasteiger partial charge < -0.3 is 10.1 Å². The molecule has 32 heavy (non-hydrogen) atoms. The number of hydrogen-bond acceptors (Lipinski definition) is 4. The summed E-state index contributed by atoms with van der Waals surface area (Å²) in [5.74, 6) is -1.44. The Balaban J connectivity index is 1.66. The molecular formula is C26H24ClNO4. The quantitative estimate of drug-likeness (QED) is 0.389. The fraction of sp³-hybridized carbons (Fsp3) is 0.192. The van der Waals surface area contributed by atoms with Crippen molar-refractivity contribution < 1.29 is 19.1 Å². The van der Waals surface area contributed by atoms with Gasteiger partial charge in [0.1, 0.15) is 0 Å². The molecule has 3 aromatic rings. The van der Waals surface area contributed by atoms with Crippen LogP contribution in [-0.2, 0) is 14.9 Å². The van der Waals surface area contributed by atoms with Crippen LogP contribution in [0.3, 0.4) is 0 Å². The maximum Gasteiger partial charge on any atom is 0.338 e. The van der Waals surface area contributed by atoms with Crippen molar-refractivity contribution in [3.8, 4) is 0 Å². The number of carbonyl (C=O) groups is 3. The molecule has 0 aromatic heterocycles. The zero-order valence-corrected chi connectivity index (χ0v) is 18.9. The summed E-state index contributed by atoms with van der Waals surface area (Å²) in [5, 5.41) is 3.00. The molecule has 0 saturated carbocycles. The van der Waals surface area contributed by atoms with Gasteiger partial charge in [-0.1, -0.05) is 74.8 Å². The molecule has 0 saturated heterocycles. The van der Waals surface area contributed by atoms with Crippen LogP contribution in [-0.4, -0.2) is 24.3 Å². The number of rotatable bonds is 6. The van der Waals surface area contributed by atoms with Crippen LogP contribution < -0.4 is 5.32 Å². The van der Waals surface area contributed by atoms with Crippen LogP contribution in [0.15, 0.2) is 72.8 Å². The first kappa shape index (κ1) is 23.2. The molecular weight excluding hydrogens is 426 g/mol. The third-order valence-electron chi connectivity index (χ3n) is 4.86. The fourth-order valence-electron chi connectivity index (χ4n) is 3.07. The molecule has 0 heterocycles. The molecule has 0 atom stereocenters. The van der Waals surface area contributed by atoms with Crippen molar-refractivity contribution >= 4 is 34.9 Å². The molecule has 5 nitrogen and oxygen atoms in total. The van der Waals surface area contributed by atoms with E-state index in [1.807, 2.05) is 18.2 Å². The van der Waals surface area contributed by atoms with E-state index in [9.17, 15) is 14.4 Å². The van der Waals surface area contributed by atoms with E-state index >= 15 is 0 Å². The topological polar surface area (TPSA) is 72.5 Å². The molecule has 0 unspecified atom stereocenters. The van der Waals surface area contributed by atoms with E-state index in [1.54, 1.807) is 48.5 Å². The Hall–Kier alpha value is -3.44. The van der Waals surface area contributed by atoms with Gasteiger partial charge in [-0.25, -0.2) is 4.79 Å².